The number of halogens is 3. The number of alkyl halides is 3. The van der Waals surface area contributed by atoms with Crippen LogP contribution in [0.25, 0.3) is 11.3 Å². The third-order valence-corrected chi connectivity index (χ3v) is 3.98. The van der Waals surface area contributed by atoms with E-state index in [1.807, 2.05) is 6.92 Å². The predicted molar refractivity (Wildman–Crippen MR) is 90.2 cm³/mol. The number of nitro groups is 1. The molecule has 0 saturated heterocycles. The summed E-state index contributed by atoms with van der Waals surface area (Å²) in [5.41, 5.74) is 0.170. The SMILES string of the molecule is C[C@H](Cn1cc(-c2ccc(C(F)(F)F)cc2)nn1)Cn1cc([N+](=O)[O-])nc1O. The van der Waals surface area contributed by atoms with Crippen LogP contribution in [0.5, 0.6) is 6.01 Å². The van der Waals surface area contributed by atoms with Crippen LogP contribution in [-0.4, -0.2) is 34.6 Å². The van der Waals surface area contributed by atoms with Gasteiger partial charge in [0.15, 0.2) is 0 Å². The van der Waals surface area contributed by atoms with Crippen LogP contribution in [0.2, 0.25) is 0 Å². The van der Waals surface area contributed by atoms with Gasteiger partial charge in [0.1, 0.15) is 11.9 Å². The van der Waals surface area contributed by atoms with Gasteiger partial charge in [0.05, 0.1) is 11.8 Å². The third kappa shape index (κ3) is 4.27. The molecule has 0 aliphatic heterocycles. The van der Waals surface area contributed by atoms with Crippen molar-refractivity contribution in [3.8, 4) is 17.3 Å². The first kappa shape index (κ1) is 19.3. The summed E-state index contributed by atoms with van der Waals surface area (Å²) < 4.78 is 40.7. The van der Waals surface area contributed by atoms with Crippen molar-refractivity contribution in [3.63, 3.8) is 0 Å². The summed E-state index contributed by atoms with van der Waals surface area (Å²) in [6, 6.07) is 4.15. The van der Waals surface area contributed by atoms with Crippen LogP contribution >= 0.6 is 0 Å². The molecule has 2 heterocycles. The molecule has 148 valence electrons. The van der Waals surface area contributed by atoms with Gasteiger partial charge in [-0.25, -0.2) is 0 Å². The summed E-state index contributed by atoms with van der Waals surface area (Å²) in [5.74, 6) is -0.545. The standard InChI is InChI=1S/C16H15F3N6O3/c1-10(6-23-9-14(25(27)28)20-15(23)26)7-24-8-13(21-22-24)11-2-4-12(5-3-11)16(17,18)19/h2-5,8-10H,6-7H2,1H3,(H,20,26)/t10-/m0/s1. The smallest absolute Gasteiger partial charge is 0.416 e. The van der Waals surface area contributed by atoms with E-state index in [0.29, 0.717) is 17.8 Å². The highest BCUT2D eigenvalue weighted by Crippen LogP contribution is 2.30. The second-order valence-corrected chi connectivity index (χ2v) is 6.31. The molecule has 3 aromatic rings. The second kappa shape index (κ2) is 7.29. The Balaban J connectivity index is 1.66. The molecule has 9 nitrogen and oxygen atoms in total. The van der Waals surface area contributed by atoms with E-state index in [1.54, 1.807) is 6.20 Å². The summed E-state index contributed by atoms with van der Waals surface area (Å²) in [6.45, 7) is 2.46. The topological polar surface area (TPSA) is 112 Å². The lowest BCUT2D eigenvalue weighted by Crippen LogP contribution is -2.14. The average molecular weight is 396 g/mol. The molecule has 1 atom stereocenters. The van der Waals surface area contributed by atoms with E-state index in [0.717, 1.165) is 18.3 Å². The van der Waals surface area contributed by atoms with Crippen molar-refractivity contribution in [1.82, 2.24) is 24.5 Å². The van der Waals surface area contributed by atoms with Crippen LogP contribution < -0.4 is 0 Å². The molecule has 28 heavy (non-hydrogen) atoms. The fourth-order valence-electron chi connectivity index (χ4n) is 2.68. The normalized spacial score (nSPS) is 12.9. The van der Waals surface area contributed by atoms with Crippen molar-refractivity contribution in [1.29, 1.82) is 0 Å². The van der Waals surface area contributed by atoms with Gasteiger partial charge in [-0.15, -0.1) is 5.10 Å². The Labute approximate surface area is 156 Å². The Morgan fingerprint density at radius 3 is 2.46 bits per heavy atom. The minimum atomic E-state index is -4.40. The molecule has 0 radical (unpaired) electrons. The van der Waals surface area contributed by atoms with Gasteiger partial charge in [0, 0.05) is 23.6 Å². The van der Waals surface area contributed by atoms with Crippen molar-refractivity contribution >= 4 is 5.82 Å². The van der Waals surface area contributed by atoms with Gasteiger partial charge in [0.25, 0.3) is 0 Å². The average Bonchev–Trinajstić information content (AvgIpc) is 3.21. The maximum atomic E-state index is 12.6. The van der Waals surface area contributed by atoms with Crippen LogP contribution in [0.3, 0.4) is 0 Å². The molecule has 1 N–H and O–H groups in total. The molecule has 0 aliphatic carbocycles. The van der Waals surface area contributed by atoms with Gasteiger partial charge in [-0.1, -0.05) is 24.3 Å². The fraction of sp³-hybridized carbons (Fsp3) is 0.312. The van der Waals surface area contributed by atoms with E-state index in [1.165, 1.54) is 21.4 Å². The molecule has 3 rings (SSSR count). The van der Waals surface area contributed by atoms with E-state index in [4.69, 9.17) is 0 Å². The van der Waals surface area contributed by atoms with Crippen LogP contribution in [-0.2, 0) is 19.3 Å². The monoisotopic (exact) mass is 396 g/mol. The Morgan fingerprint density at radius 1 is 1.21 bits per heavy atom. The second-order valence-electron chi connectivity index (χ2n) is 6.31. The largest absolute Gasteiger partial charge is 0.461 e. The van der Waals surface area contributed by atoms with Gasteiger partial charge in [-0.3, -0.25) is 9.25 Å². The van der Waals surface area contributed by atoms with Crippen LogP contribution in [0.4, 0.5) is 19.0 Å². The van der Waals surface area contributed by atoms with Crippen molar-refractivity contribution < 1.29 is 23.2 Å². The molecule has 0 aliphatic rings. The first-order valence-electron chi connectivity index (χ1n) is 8.12. The molecule has 0 fully saturated rings. The molecule has 0 saturated carbocycles. The molecule has 0 unspecified atom stereocenters. The van der Waals surface area contributed by atoms with Crippen molar-refractivity contribution in [3.05, 3.63) is 52.3 Å². The van der Waals surface area contributed by atoms with E-state index >= 15 is 0 Å². The Bertz CT molecular complexity index is 980. The van der Waals surface area contributed by atoms with E-state index in [-0.39, 0.29) is 12.5 Å². The van der Waals surface area contributed by atoms with E-state index in [2.05, 4.69) is 15.3 Å². The molecule has 2 aromatic heterocycles. The first-order valence-corrected chi connectivity index (χ1v) is 8.12. The summed E-state index contributed by atoms with van der Waals surface area (Å²) in [6.07, 6.45) is -1.67. The maximum absolute atomic E-state index is 12.6. The molecular formula is C16H15F3N6O3. The Morgan fingerprint density at radius 2 is 1.89 bits per heavy atom. The number of aromatic hydroxyl groups is 1. The minimum Gasteiger partial charge on any atom is -0.461 e. The predicted octanol–water partition coefficient (Wildman–Crippen LogP) is 3.11. The lowest BCUT2D eigenvalue weighted by Gasteiger charge is -2.10. The number of imidazole rings is 1. The third-order valence-electron chi connectivity index (χ3n) is 3.98. The van der Waals surface area contributed by atoms with Gasteiger partial charge in [0.2, 0.25) is 0 Å². The fourth-order valence-corrected chi connectivity index (χ4v) is 2.68. The number of hydrogen-bond donors (Lipinski definition) is 1. The summed E-state index contributed by atoms with van der Waals surface area (Å²) in [4.78, 5) is 13.4. The van der Waals surface area contributed by atoms with Crippen LogP contribution in [0, 0.1) is 16.0 Å². The molecule has 12 heteroatoms. The summed E-state index contributed by atoms with van der Waals surface area (Å²) in [5, 5.41) is 28.3. The van der Waals surface area contributed by atoms with Crippen molar-refractivity contribution in [2.24, 2.45) is 5.92 Å². The highest BCUT2D eigenvalue weighted by atomic mass is 19.4. The Kier molecular flexibility index (Phi) is 5.03. The van der Waals surface area contributed by atoms with Crippen LogP contribution in [0.1, 0.15) is 12.5 Å². The lowest BCUT2D eigenvalue weighted by molar-refractivity contribution is -0.389. The summed E-state index contributed by atoms with van der Waals surface area (Å²) in [7, 11) is 0. The summed E-state index contributed by atoms with van der Waals surface area (Å²) >= 11 is 0. The van der Waals surface area contributed by atoms with Crippen LogP contribution in [0.15, 0.2) is 36.7 Å². The zero-order valence-corrected chi connectivity index (χ0v) is 14.5. The molecule has 0 spiro atoms. The van der Waals surface area contributed by atoms with Crippen molar-refractivity contribution in [2.75, 3.05) is 0 Å². The molecule has 0 bridgehead atoms. The zero-order chi connectivity index (χ0) is 20.5. The van der Waals surface area contributed by atoms with Gasteiger partial charge in [-0.2, -0.15) is 13.2 Å². The highest BCUT2D eigenvalue weighted by Gasteiger charge is 2.30. The number of nitrogens with zero attached hydrogens (tertiary/aromatic N) is 6. The zero-order valence-electron chi connectivity index (χ0n) is 14.5. The number of benzene rings is 1. The van der Waals surface area contributed by atoms with E-state index in [9.17, 15) is 28.4 Å². The first-order chi connectivity index (χ1) is 13.1. The lowest BCUT2D eigenvalue weighted by atomic mass is 10.1. The van der Waals surface area contributed by atoms with E-state index < -0.39 is 28.5 Å². The molecule has 1 aromatic carbocycles. The number of hydrogen-bond acceptors (Lipinski definition) is 6. The molecular weight excluding hydrogens is 381 g/mol. The number of aromatic nitrogens is 5. The minimum absolute atomic E-state index is 0.0955. The maximum Gasteiger partial charge on any atom is 0.416 e. The van der Waals surface area contributed by atoms with Gasteiger partial charge in [-0.05, 0) is 23.0 Å². The quantitative estimate of drug-likeness (QED) is 0.506. The van der Waals surface area contributed by atoms with Gasteiger partial charge >= 0.3 is 18.0 Å². The number of rotatable bonds is 6. The molecule has 0 amide bonds. The van der Waals surface area contributed by atoms with Gasteiger partial charge < -0.3 is 15.2 Å². The Hall–Kier alpha value is -3.44. The van der Waals surface area contributed by atoms with Crippen molar-refractivity contribution in [2.45, 2.75) is 26.2 Å². The highest BCUT2D eigenvalue weighted by molar-refractivity contribution is 5.58.